The molecule has 20 atom stereocenters. The predicted octanol–water partition coefficient (Wildman–Crippen LogP) is 4.99. The van der Waals surface area contributed by atoms with Crippen molar-refractivity contribution in [2.24, 2.45) is 33.0 Å². The standard InChI is InChI=1S/C18H28O7S2.C16H22O9S2.C14H20O7S2.C14H20O6S3/c1-5-17(2,3)16(20)26-7-6-23-10-13(19)24-15-14-11-8-18(15,4)9-12(11)27(21,22)25-14;1-4-16(2,3)15(19)26-7-11(18)22-6-10(17)24-12-8-5-9-13(23-8)14(12)25-27(9,20)21;1-4-14(2,3)13(16)22-6-9(15)20-10-7-5-8-11(19-7)12(10)21-23(8,17)18;1-4-14(2,3)13(16)21-6-9(15)19-10-7-5-8-12(22-7)11(10)20-23(8,17)18/h11-12,14-15H,5-10H2,1-4H3;8-9,12-14H,4-7H2,1-3H3;2*7-8,10-12H,4-6H2,1-3H3. The fourth-order valence-electron chi connectivity index (χ4n) is 13.5. The average molecular weight is 1590 g/mol. The van der Waals surface area contributed by atoms with Crippen molar-refractivity contribution < 1.29 is 131 Å². The maximum atomic E-state index is 12.1. The number of fused-ring (bicyclic) bond motifs is 4. The first kappa shape index (κ1) is 81.4. The van der Waals surface area contributed by atoms with Gasteiger partial charge in [-0.25, -0.2) is 9.59 Å². The SMILES string of the molecule is CCC(C)(C)C(=O)SCC(=O)OC1C2CC3C(O2)C1OS3(=O)=O.CCC(C)(C)C(=O)SCC(=O)OC1C2CC3C(S2)C1OS3(=O)=O.CCC(C)(C)C(=O)SCC(=O)OCC(=O)OC1C2CC3C(O2)C1OS3(=O)=O.CCC(C)(C)C(=O)SCCOCC(=O)OC1C2OS(=O)(=O)C3CC1(C)CC23. The Bertz CT molecular complexity index is 3540. The van der Waals surface area contributed by atoms with Crippen LogP contribution in [0.2, 0.25) is 0 Å². The van der Waals surface area contributed by atoms with Crippen LogP contribution in [0, 0.1) is 33.0 Å². The maximum Gasteiger partial charge on any atom is 0.344 e. The van der Waals surface area contributed by atoms with E-state index in [0.717, 1.165) is 41.7 Å². The van der Waals surface area contributed by atoms with E-state index < -0.39 is 187 Å². The third-order valence-electron chi connectivity index (χ3n) is 21.1. The Morgan fingerprint density at radius 2 is 0.850 bits per heavy atom. The molecular weight excluding hydrogens is 1500 g/mol. The predicted molar refractivity (Wildman–Crippen MR) is 365 cm³/mol. The largest absolute Gasteiger partial charge is 0.458 e. The smallest absolute Gasteiger partial charge is 0.344 e. The van der Waals surface area contributed by atoms with E-state index in [1.165, 1.54) is 23.5 Å². The summed E-state index contributed by atoms with van der Waals surface area (Å²) in [6.45, 7) is 23.8. The van der Waals surface area contributed by atoms with Gasteiger partial charge in [0.05, 0.1) is 46.6 Å². The normalized spacial score (nSPS) is 35.8. The van der Waals surface area contributed by atoms with Gasteiger partial charge in [0.15, 0.2) is 39.3 Å². The molecule has 566 valence electrons. The Balaban J connectivity index is 0.000000156. The molecule has 38 heteroatoms. The molecule has 0 radical (unpaired) electrons. The van der Waals surface area contributed by atoms with E-state index in [1.54, 1.807) is 13.8 Å². The number of carbonyl (C=O) groups excluding carboxylic acids is 9. The highest BCUT2D eigenvalue weighted by atomic mass is 32.2. The van der Waals surface area contributed by atoms with Gasteiger partial charge in [-0.05, 0) is 57.8 Å². The molecule has 100 heavy (non-hydrogen) atoms. The minimum Gasteiger partial charge on any atom is -0.458 e. The molecule has 8 bridgehead atoms. The molecule has 0 aromatic heterocycles. The third kappa shape index (κ3) is 17.3. The van der Waals surface area contributed by atoms with Gasteiger partial charge in [-0.2, -0.15) is 33.7 Å². The highest BCUT2D eigenvalue weighted by molar-refractivity contribution is 8.15. The second-order valence-electron chi connectivity index (χ2n) is 29.5. The summed E-state index contributed by atoms with van der Waals surface area (Å²) in [5, 5.41) is -2.55. The quantitative estimate of drug-likeness (QED) is 0.0503. The molecule has 10 aliphatic heterocycles. The van der Waals surface area contributed by atoms with Crippen molar-refractivity contribution in [1.82, 2.24) is 0 Å². The van der Waals surface area contributed by atoms with Crippen molar-refractivity contribution in [3.8, 4) is 0 Å². The number of hydrogen-bond donors (Lipinski definition) is 0. The van der Waals surface area contributed by atoms with Crippen molar-refractivity contribution in [2.75, 3.05) is 42.8 Å². The highest BCUT2D eigenvalue weighted by Crippen LogP contribution is 2.62. The molecule has 0 spiro atoms. The van der Waals surface area contributed by atoms with Gasteiger partial charge in [0, 0.05) is 44.0 Å². The average Bonchev–Trinajstić information content (AvgIpc) is 1.10. The van der Waals surface area contributed by atoms with E-state index in [-0.39, 0.29) is 91.0 Å². The monoisotopic (exact) mass is 1590 g/mol. The lowest BCUT2D eigenvalue weighted by molar-refractivity contribution is -0.165. The van der Waals surface area contributed by atoms with E-state index in [4.69, 9.17) is 54.6 Å². The first-order valence-electron chi connectivity index (χ1n) is 33.2. The minimum atomic E-state index is -3.69. The van der Waals surface area contributed by atoms with Crippen molar-refractivity contribution in [1.29, 1.82) is 0 Å². The molecule has 29 nitrogen and oxygen atoms in total. The van der Waals surface area contributed by atoms with Gasteiger partial charge in [-0.3, -0.25) is 50.3 Å². The molecule has 0 aromatic rings. The Morgan fingerprint density at radius 1 is 0.450 bits per heavy atom. The number of esters is 5. The van der Waals surface area contributed by atoms with Crippen LogP contribution in [0.4, 0.5) is 0 Å². The molecular formula is C62H90O29S9. The van der Waals surface area contributed by atoms with Crippen molar-refractivity contribution in [3.63, 3.8) is 0 Å². The van der Waals surface area contributed by atoms with Gasteiger partial charge in [0.25, 0.3) is 40.5 Å². The highest BCUT2D eigenvalue weighted by Gasteiger charge is 2.72. The molecule has 10 heterocycles. The van der Waals surface area contributed by atoms with Crippen molar-refractivity contribution in [3.05, 3.63) is 0 Å². The summed E-state index contributed by atoms with van der Waals surface area (Å²) in [5.74, 6) is -3.04. The van der Waals surface area contributed by atoms with E-state index in [1.807, 2.05) is 76.2 Å². The van der Waals surface area contributed by atoms with Crippen molar-refractivity contribution >= 4 is 150 Å². The number of rotatable bonds is 25. The van der Waals surface area contributed by atoms with Gasteiger partial charge in [-0.15, -0.1) is 11.8 Å². The molecule has 0 N–H and O–H groups in total. The van der Waals surface area contributed by atoms with Crippen LogP contribution in [0.5, 0.6) is 0 Å². The first-order chi connectivity index (χ1) is 46.4. The van der Waals surface area contributed by atoms with Gasteiger partial charge >= 0.3 is 29.8 Å². The first-order valence-corrected chi connectivity index (χ1v) is 44.0. The van der Waals surface area contributed by atoms with Crippen LogP contribution in [0.3, 0.4) is 0 Å². The summed E-state index contributed by atoms with van der Waals surface area (Å²) in [6.07, 6.45) is -2.54. The zero-order chi connectivity index (χ0) is 74.0. The van der Waals surface area contributed by atoms with Crippen LogP contribution >= 0.6 is 58.8 Å². The van der Waals surface area contributed by atoms with Gasteiger partial charge in [0.1, 0.15) is 71.2 Å². The molecule has 10 saturated heterocycles. The molecule has 20 unspecified atom stereocenters. The molecule has 0 amide bonds. The van der Waals surface area contributed by atoms with Gasteiger partial charge in [-0.1, -0.05) is 137 Å². The molecule has 12 aliphatic rings. The Labute approximate surface area is 605 Å². The lowest BCUT2D eigenvalue weighted by Gasteiger charge is -2.32. The Kier molecular flexibility index (Phi) is 25.1. The fourth-order valence-corrected chi connectivity index (χ4v) is 26.4. The summed E-state index contributed by atoms with van der Waals surface area (Å²) in [7, 11) is -14.4. The zero-order valence-electron chi connectivity index (χ0n) is 57.8. The van der Waals surface area contributed by atoms with Crippen LogP contribution in [-0.2, 0) is 138 Å². The van der Waals surface area contributed by atoms with E-state index in [9.17, 15) is 76.8 Å². The molecule has 0 aromatic carbocycles. The lowest BCUT2D eigenvalue weighted by Crippen LogP contribution is -2.42. The number of ether oxygens (including phenoxy) is 8. The minimum absolute atomic E-state index is 0.0241. The van der Waals surface area contributed by atoms with Crippen LogP contribution in [0.1, 0.15) is 148 Å². The number of carbonyl (C=O) groups is 9. The van der Waals surface area contributed by atoms with Crippen LogP contribution in [-0.4, -0.2) is 232 Å². The maximum absolute atomic E-state index is 12.1. The Morgan fingerprint density at radius 3 is 1.33 bits per heavy atom. The van der Waals surface area contributed by atoms with Gasteiger partial charge < -0.3 is 37.9 Å². The lowest BCUT2D eigenvalue weighted by atomic mass is 9.82. The van der Waals surface area contributed by atoms with E-state index in [2.05, 4.69) is 0 Å². The van der Waals surface area contributed by atoms with E-state index in [0.29, 0.717) is 44.3 Å². The van der Waals surface area contributed by atoms with E-state index >= 15 is 0 Å². The molecule has 2 saturated carbocycles. The molecule has 12 fully saturated rings. The topological polar surface area (TPSA) is 401 Å². The summed E-state index contributed by atoms with van der Waals surface area (Å²) < 4.78 is 158. The zero-order valence-corrected chi connectivity index (χ0v) is 65.1. The molecule has 12 rings (SSSR count). The summed E-state index contributed by atoms with van der Waals surface area (Å²) >= 11 is 5.48. The van der Waals surface area contributed by atoms with Crippen LogP contribution in [0.25, 0.3) is 0 Å². The Hall–Kier alpha value is -2.70. The summed E-state index contributed by atoms with van der Waals surface area (Å²) in [6, 6.07) is 0. The fraction of sp³-hybridized carbons (Fsp3) is 0.855. The second kappa shape index (κ2) is 30.9. The van der Waals surface area contributed by atoms with Crippen molar-refractivity contribution in [2.45, 2.75) is 253 Å². The third-order valence-corrected chi connectivity index (χ3v) is 34.6. The van der Waals surface area contributed by atoms with Crippen LogP contribution in [0.15, 0.2) is 0 Å². The second-order valence-corrected chi connectivity index (χ2v) is 42.0. The molecule has 2 aliphatic carbocycles. The summed E-state index contributed by atoms with van der Waals surface area (Å²) in [5.41, 5.74) is -2.21. The van der Waals surface area contributed by atoms with Crippen LogP contribution < -0.4 is 0 Å². The van der Waals surface area contributed by atoms with Gasteiger partial charge in [0.2, 0.25) is 0 Å². The number of hydrogen-bond acceptors (Lipinski definition) is 34. The summed E-state index contributed by atoms with van der Waals surface area (Å²) in [4.78, 5) is 108. The number of thioether (sulfide) groups is 5.